The van der Waals surface area contributed by atoms with Crippen LogP contribution in [0, 0.1) is 0 Å². The van der Waals surface area contributed by atoms with Crippen LogP contribution < -0.4 is 9.62 Å². The average Bonchev–Trinajstić information content (AvgIpc) is 2.37. The van der Waals surface area contributed by atoms with Gasteiger partial charge in [0.05, 0.1) is 44.8 Å². The first-order valence-corrected chi connectivity index (χ1v) is 7.33. The Balaban J connectivity index is 2.98. The van der Waals surface area contributed by atoms with Crippen LogP contribution in [0.4, 0.5) is 0 Å². The topological polar surface area (TPSA) is 76.9 Å². The second-order valence-corrected chi connectivity index (χ2v) is 6.08. The molecule has 0 aliphatic carbocycles. The SMILES string of the molecule is COC(=O)c1ccccc1S(=O)(=O)NCC[NH+](C)C. The van der Waals surface area contributed by atoms with Crippen molar-refractivity contribution in [3.8, 4) is 0 Å². The molecule has 0 saturated heterocycles. The minimum atomic E-state index is -3.71. The van der Waals surface area contributed by atoms with Crippen molar-refractivity contribution in [1.29, 1.82) is 0 Å². The molecule has 2 N–H and O–H groups in total. The zero-order chi connectivity index (χ0) is 14.5. The van der Waals surface area contributed by atoms with Crippen LogP contribution in [-0.4, -0.2) is 48.7 Å². The fraction of sp³-hybridized carbons (Fsp3) is 0.417. The Morgan fingerprint density at radius 2 is 1.95 bits per heavy atom. The predicted octanol–water partition coefficient (Wildman–Crippen LogP) is -1.10. The summed E-state index contributed by atoms with van der Waals surface area (Å²) in [6.07, 6.45) is 0. The molecular formula is C12H19N2O4S+. The molecule has 6 nitrogen and oxygen atoms in total. The highest BCUT2D eigenvalue weighted by atomic mass is 32.2. The van der Waals surface area contributed by atoms with E-state index >= 15 is 0 Å². The van der Waals surface area contributed by atoms with Crippen molar-refractivity contribution < 1.29 is 22.8 Å². The highest BCUT2D eigenvalue weighted by molar-refractivity contribution is 7.89. The Morgan fingerprint density at radius 3 is 2.53 bits per heavy atom. The van der Waals surface area contributed by atoms with E-state index in [2.05, 4.69) is 9.46 Å². The zero-order valence-corrected chi connectivity index (χ0v) is 12.1. The van der Waals surface area contributed by atoms with Gasteiger partial charge in [-0.3, -0.25) is 0 Å². The molecule has 1 aromatic carbocycles. The molecular weight excluding hydrogens is 268 g/mol. The molecule has 0 fully saturated rings. The monoisotopic (exact) mass is 287 g/mol. The number of carbonyl (C=O) groups is 1. The summed E-state index contributed by atoms with van der Waals surface area (Å²) >= 11 is 0. The molecule has 0 heterocycles. The first-order valence-electron chi connectivity index (χ1n) is 5.84. The van der Waals surface area contributed by atoms with Gasteiger partial charge in [-0.15, -0.1) is 0 Å². The molecule has 1 rings (SSSR count). The van der Waals surface area contributed by atoms with Gasteiger partial charge in [0.25, 0.3) is 0 Å². The van der Waals surface area contributed by atoms with Gasteiger partial charge < -0.3 is 9.64 Å². The van der Waals surface area contributed by atoms with Crippen molar-refractivity contribution in [3.63, 3.8) is 0 Å². The summed E-state index contributed by atoms with van der Waals surface area (Å²) < 4.78 is 31.3. The van der Waals surface area contributed by atoms with Gasteiger partial charge in [-0.05, 0) is 12.1 Å². The van der Waals surface area contributed by atoms with Crippen molar-refractivity contribution in [3.05, 3.63) is 29.8 Å². The molecule has 0 radical (unpaired) electrons. The number of carbonyl (C=O) groups excluding carboxylic acids is 1. The highest BCUT2D eigenvalue weighted by Crippen LogP contribution is 2.15. The van der Waals surface area contributed by atoms with Crippen LogP contribution in [0.1, 0.15) is 10.4 Å². The molecule has 1 aromatic rings. The van der Waals surface area contributed by atoms with Crippen LogP contribution in [0.15, 0.2) is 29.2 Å². The van der Waals surface area contributed by atoms with Crippen LogP contribution in [0.5, 0.6) is 0 Å². The summed E-state index contributed by atoms with van der Waals surface area (Å²) in [5, 5.41) is 0. The normalized spacial score (nSPS) is 11.6. The van der Waals surface area contributed by atoms with Crippen LogP contribution in [0.2, 0.25) is 0 Å². The molecule has 19 heavy (non-hydrogen) atoms. The Bertz CT molecular complexity index is 540. The molecule has 0 saturated carbocycles. The summed E-state index contributed by atoms with van der Waals surface area (Å²) in [4.78, 5) is 12.6. The third-order valence-corrected chi connectivity index (χ3v) is 4.02. The Kier molecular flexibility index (Phi) is 5.46. The van der Waals surface area contributed by atoms with Crippen molar-refractivity contribution in [2.45, 2.75) is 4.90 Å². The van der Waals surface area contributed by atoms with Crippen molar-refractivity contribution in [1.82, 2.24) is 4.72 Å². The lowest BCUT2D eigenvalue weighted by molar-refractivity contribution is -0.856. The number of rotatable bonds is 6. The first kappa shape index (κ1) is 15.6. The zero-order valence-electron chi connectivity index (χ0n) is 11.3. The number of hydrogen-bond donors (Lipinski definition) is 2. The van der Waals surface area contributed by atoms with E-state index in [4.69, 9.17) is 0 Å². The quantitative estimate of drug-likeness (QED) is 0.651. The summed E-state index contributed by atoms with van der Waals surface area (Å²) in [5.74, 6) is -0.667. The van der Waals surface area contributed by atoms with Crippen molar-refractivity contribution in [2.75, 3.05) is 34.3 Å². The fourth-order valence-electron chi connectivity index (χ4n) is 1.49. The first-order chi connectivity index (χ1) is 8.88. The third kappa shape index (κ3) is 4.30. The molecule has 0 aliphatic heterocycles. The number of esters is 1. The van der Waals surface area contributed by atoms with E-state index in [1.807, 2.05) is 14.1 Å². The maximum absolute atomic E-state index is 12.1. The van der Waals surface area contributed by atoms with Crippen molar-refractivity contribution >= 4 is 16.0 Å². The standard InChI is InChI=1S/C12H18N2O4S/c1-14(2)9-8-13-19(16,17)11-7-5-4-6-10(11)12(15)18-3/h4-7,13H,8-9H2,1-3H3/p+1. The van der Waals surface area contributed by atoms with E-state index in [9.17, 15) is 13.2 Å². The van der Waals surface area contributed by atoms with Gasteiger partial charge in [0.2, 0.25) is 10.0 Å². The van der Waals surface area contributed by atoms with E-state index in [0.29, 0.717) is 13.1 Å². The molecule has 0 amide bonds. The van der Waals surface area contributed by atoms with Crippen LogP contribution in [0.3, 0.4) is 0 Å². The maximum Gasteiger partial charge on any atom is 0.339 e. The molecule has 0 bridgehead atoms. The third-order valence-electron chi connectivity index (χ3n) is 2.50. The van der Waals surface area contributed by atoms with Gasteiger partial charge in [0.15, 0.2) is 0 Å². The highest BCUT2D eigenvalue weighted by Gasteiger charge is 2.22. The number of sulfonamides is 1. The number of likely N-dealkylation sites (N-methyl/N-ethyl adjacent to an activating group) is 1. The molecule has 0 spiro atoms. The maximum atomic E-state index is 12.1. The summed E-state index contributed by atoms with van der Waals surface area (Å²) in [5.41, 5.74) is 0.0368. The van der Waals surface area contributed by atoms with Crippen molar-refractivity contribution in [2.24, 2.45) is 0 Å². The van der Waals surface area contributed by atoms with Gasteiger partial charge in [-0.25, -0.2) is 17.9 Å². The predicted molar refractivity (Wildman–Crippen MR) is 70.6 cm³/mol. The number of quaternary nitrogens is 1. The summed E-state index contributed by atoms with van der Waals surface area (Å²) in [6, 6.07) is 5.97. The Hall–Kier alpha value is -1.44. The largest absolute Gasteiger partial charge is 0.465 e. The lowest BCUT2D eigenvalue weighted by Crippen LogP contribution is -3.06. The van der Waals surface area contributed by atoms with Gasteiger partial charge >= 0.3 is 5.97 Å². The van der Waals surface area contributed by atoms with E-state index in [-0.39, 0.29) is 10.5 Å². The van der Waals surface area contributed by atoms with Crippen LogP contribution in [0.25, 0.3) is 0 Å². The number of benzene rings is 1. The van der Waals surface area contributed by atoms with Crippen LogP contribution >= 0.6 is 0 Å². The lowest BCUT2D eigenvalue weighted by atomic mass is 10.2. The minimum Gasteiger partial charge on any atom is -0.465 e. The minimum absolute atomic E-state index is 0.0368. The average molecular weight is 287 g/mol. The van der Waals surface area contributed by atoms with E-state index in [0.717, 1.165) is 4.90 Å². The number of nitrogens with one attached hydrogen (secondary N) is 2. The lowest BCUT2D eigenvalue weighted by Gasteiger charge is -2.11. The van der Waals surface area contributed by atoms with Gasteiger partial charge in [-0.2, -0.15) is 0 Å². The van der Waals surface area contributed by atoms with E-state index < -0.39 is 16.0 Å². The number of hydrogen-bond acceptors (Lipinski definition) is 4. The van der Waals surface area contributed by atoms with Gasteiger partial charge in [-0.1, -0.05) is 12.1 Å². The van der Waals surface area contributed by atoms with Crippen LogP contribution in [-0.2, 0) is 14.8 Å². The van der Waals surface area contributed by atoms with E-state index in [1.165, 1.54) is 19.2 Å². The molecule has 0 atom stereocenters. The van der Waals surface area contributed by atoms with E-state index in [1.54, 1.807) is 12.1 Å². The molecule has 106 valence electrons. The molecule has 0 unspecified atom stereocenters. The summed E-state index contributed by atoms with van der Waals surface area (Å²) in [6.45, 7) is 0.958. The number of methoxy groups -OCH3 is 1. The molecule has 0 aromatic heterocycles. The number of ether oxygens (including phenoxy) is 1. The molecule has 0 aliphatic rings. The summed E-state index contributed by atoms with van der Waals surface area (Å²) in [7, 11) is 1.37. The second-order valence-electron chi connectivity index (χ2n) is 4.34. The molecule has 7 heteroatoms. The van der Waals surface area contributed by atoms with Gasteiger partial charge in [0, 0.05) is 0 Å². The fourth-order valence-corrected chi connectivity index (χ4v) is 2.72. The smallest absolute Gasteiger partial charge is 0.339 e. The Labute approximate surface area is 113 Å². The van der Waals surface area contributed by atoms with Gasteiger partial charge in [0.1, 0.15) is 0 Å². The second kappa shape index (κ2) is 6.65. The Morgan fingerprint density at radius 1 is 1.32 bits per heavy atom.